The van der Waals surface area contributed by atoms with E-state index < -0.39 is 28.3 Å². The smallest absolute Gasteiger partial charge is 0.274 e. The lowest BCUT2D eigenvalue weighted by molar-refractivity contribution is -0.114. The number of nitrogens with zero attached hydrogens (tertiary/aromatic N) is 1. The van der Waals surface area contributed by atoms with Gasteiger partial charge in [0.05, 0.1) is 5.69 Å². The Balaban J connectivity index is 1.94. The SMILES string of the molecule is CCc1ccccc1NC(=O)CN(c1ccccc1F)S(=O)(=O)c1cccs1. The fourth-order valence-corrected chi connectivity index (χ4v) is 5.28. The van der Waals surface area contributed by atoms with Crippen molar-refractivity contribution >= 4 is 38.6 Å². The lowest BCUT2D eigenvalue weighted by Crippen LogP contribution is -2.38. The second-order valence-electron chi connectivity index (χ2n) is 5.95. The van der Waals surface area contributed by atoms with Gasteiger partial charge in [0.15, 0.2) is 0 Å². The quantitative estimate of drug-likeness (QED) is 0.623. The van der Waals surface area contributed by atoms with Crippen LogP contribution in [0.5, 0.6) is 0 Å². The average molecular weight is 419 g/mol. The van der Waals surface area contributed by atoms with E-state index in [9.17, 15) is 17.6 Å². The summed E-state index contributed by atoms with van der Waals surface area (Å²) in [5.41, 5.74) is 1.36. The fourth-order valence-electron chi connectivity index (χ4n) is 2.74. The molecule has 1 aromatic heterocycles. The highest BCUT2D eigenvalue weighted by molar-refractivity contribution is 7.94. The van der Waals surface area contributed by atoms with E-state index in [1.807, 2.05) is 19.1 Å². The van der Waals surface area contributed by atoms with Gasteiger partial charge in [-0.1, -0.05) is 43.3 Å². The number of anilines is 2. The number of para-hydroxylation sites is 2. The van der Waals surface area contributed by atoms with E-state index >= 15 is 0 Å². The molecule has 1 amide bonds. The third-order valence-electron chi connectivity index (χ3n) is 4.12. The molecule has 5 nitrogen and oxygen atoms in total. The molecule has 0 atom stereocenters. The molecule has 0 aliphatic carbocycles. The molecule has 0 radical (unpaired) electrons. The van der Waals surface area contributed by atoms with Gasteiger partial charge in [-0.25, -0.2) is 12.8 Å². The third kappa shape index (κ3) is 4.23. The summed E-state index contributed by atoms with van der Waals surface area (Å²) in [7, 11) is -4.09. The fraction of sp³-hybridized carbons (Fsp3) is 0.150. The van der Waals surface area contributed by atoms with Crippen molar-refractivity contribution in [3.8, 4) is 0 Å². The van der Waals surface area contributed by atoms with Crippen LogP contribution in [0.25, 0.3) is 0 Å². The molecule has 0 saturated heterocycles. The molecule has 3 aromatic rings. The van der Waals surface area contributed by atoms with E-state index in [1.165, 1.54) is 24.3 Å². The minimum absolute atomic E-state index is 0.0394. The van der Waals surface area contributed by atoms with Crippen LogP contribution in [0.4, 0.5) is 15.8 Å². The van der Waals surface area contributed by atoms with E-state index in [4.69, 9.17) is 0 Å². The van der Waals surface area contributed by atoms with Crippen LogP contribution in [0.2, 0.25) is 0 Å². The number of halogens is 1. The van der Waals surface area contributed by atoms with Gasteiger partial charge >= 0.3 is 0 Å². The molecule has 2 aromatic carbocycles. The number of thiophene rings is 1. The number of amides is 1. The highest BCUT2D eigenvalue weighted by Gasteiger charge is 2.30. The largest absolute Gasteiger partial charge is 0.324 e. The van der Waals surface area contributed by atoms with Gasteiger partial charge in [0.2, 0.25) is 5.91 Å². The van der Waals surface area contributed by atoms with Crippen molar-refractivity contribution in [1.29, 1.82) is 0 Å². The van der Waals surface area contributed by atoms with E-state index in [-0.39, 0.29) is 9.90 Å². The van der Waals surface area contributed by atoms with Crippen LogP contribution in [-0.4, -0.2) is 20.9 Å². The number of hydrogen-bond acceptors (Lipinski definition) is 4. The number of aryl methyl sites for hydroxylation is 1. The molecule has 0 bridgehead atoms. The maximum Gasteiger partial charge on any atom is 0.274 e. The van der Waals surface area contributed by atoms with E-state index in [2.05, 4.69) is 5.32 Å². The molecule has 0 spiro atoms. The summed E-state index contributed by atoms with van der Waals surface area (Å²) in [4.78, 5) is 12.7. The molecule has 0 saturated carbocycles. The first kappa shape index (κ1) is 20.0. The van der Waals surface area contributed by atoms with Crippen molar-refractivity contribution in [2.45, 2.75) is 17.6 Å². The summed E-state index contributed by atoms with van der Waals surface area (Å²) < 4.78 is 41.3. The normalized spacial score (nSPS) is 11.2. The number of rotatable bonds is 7. The molecule has 146 valence electrons. The van der Waals surface area contributed by atoms with Crippen LogP contribution in [0.15, 0.2) is 70.3 Å². The molecule has 0 unspecified atom stereocenters. The van der Waals surface area contributed by atoms with Crippen molar-refractivity contribution in [3.63, 3.8) is 0 Å². The highest BCUT2D eigenvalue weighted by Crippen LogP contribution is 2.28. The second-order valence-corrected chi connectivity index (χ2v) is 8.99. The number of benzene rings is 2. The van der Waals surface area contributed by atoms with Crippen LogP contribution < -0.4 is 9.62 Å². The van der Waals surface area contributed by atoms with Gasteiger partial charge in [-0.15, -0.1) is 11.3 Å². The average Bonchev–Trinajstić information content (AvgIpc) is 3.23. The minimum Gasteiger partial charge on any atom is -0.324 e. The van der Waals surface area contributed by atoms with Crippen molar-refractivity contribution in [1.82, 2.24) is 0 Å². The van der Waals surface area contributed by atoms with Gasteiger partial charge in [-0.3, -0.25) is 9.10 Å². The summed E-state index contributed by atoms with van der Waals surface area (Å²) in [6, 6.07) is 15.8. The third-order valence-corrected chi connectivity index (χ3v) is 7.25. The first-order valence-electron chi connectivity index (χ1n) is 8.62. The summed E-state index contributed by atoms with van der Waals surface area (Å²) in [6.45, 7) is 1.41. The molecule has 1 heterocycles. The Morgan fingerprint density at radius 1 is 1.07 bits per heavy atom. The number of carbonyl (C=O) groups is 1. The number of sulfonamides is 1. The predicted octanol–water partition coefficient (Wildman–Crippen LogP) is 4.28. The molecule has 28 heavy (non-hydrogen) atoms. The van der Waals surface area contributed by atoms with Gasteiger partial charge < -0.3 is 5.32 Å². The minimum atomic E-state index is -4.09. The molecular weight excluding hydrogens is 399 g/mol. The highest BCUT2D eigenvalue weighted by atomic mass is 32.2. The Labute approximate surface area is 167 Å². The molecule has 1 N–H and O–H groups in total. The number of hydrogen-bond donors (Lipinski definition) is 1. The standard InChI is InChI=1S/C20H19FN2O3S2/c1-2-15-8-3-5-10-17(15)22-19(24)14-23(18-11-6-4-9-16(18)21)28(25,26)20-12-7-13-27-20/h3-13H,2,14H2,1H3,(H,22,24). The van der Waals surface area contributed by atoms with Crippen LogP contribution in [0, 0.1) is 5.82 Å². The summed E-state index contributed by atoms with van der Waals surface area (Å²) in [5.74, 6) is -1.27. The van der Waals surface area contributed by atoms with Crippen LogP contribution >= 0.6 is 11.3 Å². The molecule has 8 heteroatoms. The van der Waals surface area contributed by atoms with Crippen LogP contribution in [-0.2, 0) is 21.2 Å². The molecular formula is C20H19FN2O3S2. The Morgan fingerprint density at radius 3 is 2.46 bits per heavy atom. The van der Waals surface area contributed by atoms with Crippen molar-refractivity contribution in [2.75, 3.05) is 16.2 Å². The summed E-state index contributed by atoms with van der Waals surface area (Å²) in [5, 5.41) is 4.35. The van der Waals surface area contributed by atoms with Crippen LogP contribution in [0.1, 0.15) is 12.5 Å². The monoisotopic (exact) mass is 418 g/mol. The Kier molecular flexibility index (Phi) is 6.11. The lowest BCUT2D eigenvalue weighted by atomic mass is 10.1. The van der Waals surface area contributed by atoms with E-state index in [0.717, 1.165) is 27.3 Å². The van der Waals surface area contributed by atoms with Gasteiger partial charge in [0.25, 0.3) is 10.0 Å². The van der Waals surface area contributed by atoms with Crippen LogP contribution in [0.3, 0.4) is 0 Å². The summed E-state index contributed by atoms with van der Waals surface area (Å²) >= 11 is 1.01. The Bertz CT molecular complexity index is 1070. The van der Waals surface area contributed by atoms with Gasteiger partial charge in [0, 0.05) is 5.69 Å². The maximum atomic E-state index is 14.4. The number of nitrogens with one attached hydrogen (secondary N) is 1. The van der Waals surface area contributed by atoms with Crippen molar-refractivity contribution in [3.05, 3.63) is 77.4 Å². The lowest BCUT2D eigenvalue weighted by Gasteiger charge is -2.24. The zero-order valence-corrected chi connectivity index (χ0v) is 16.8. The van der Waals surface area contributed by atoms with Crippen molar-refractivity contribution in [2.24, 2.45) is 0 Å². The first-order chi connectivity index (χ1) is 13.4. The van der Waals surface area contributed by atoms with Gasteiger partial charge in [0.1, 0.15) is 16.6 Å². The van der Waals surface area contributed by atoms with Gasteiger partial charge in [-0.05, 0) is 41.6 Å². The Hall–Kier alpha value is -2.71. The molecule has 0 fully saturated rings. The molecule has 0 aliphatic rings. The first-order valence-corrected chi connectivity index (χ1v) is 10.9. The molecule has 0 aliphatic heterocycles. The van der Waals surface area contributed by atoms with Crippen molar-refractivity contribution < 1.29 is 17.6 Å². The summed E-state index contributed by atoms with van der Waals surface area (Å²) in [6.07, 6.45) is 0.709. The maximum absolute atomic E-state index is 14.4. The number of carbonyl (C=O) groups excluding carboxylic acids is 1. The van der Waals surface area contributed by atoms with E-state index in [1.54, 1.807) is 23.6 Å². The topological polar surface area (TPSA) is 66.5 Å². The van der Waals surface area contributed by atoms with Gasteiger partial charge in [-0.2, -0.15) is 0 Å². The predicted molar refractivity (Wildman–Crippen MR) is 110 cm³/mol. The molecule has 3 rings (SSSR count). The van der Waals surface area contributed by atoms with E-state index in [0.29, 0.717) is 12.1 Å². The zero-order chi connectivity index (χ0) is 20.1. The zero-order valence-electron chi connectivity index (χ0n) is 15.1. The Morgan fingerprint density at radius 2 is 1.79 bits per heavy atom. The second kappa shape index (κ2) is 8.53.